The highest BCUT2D eigenvalue weighted by Gasteiger charge is 2.41. The van der Waals surface area contributed by atoms with Crippen molar-refractivity contribution in [3.63, 3.8) is 0 Å². The molecule has 47 heavy (non-hydrogen) atoms. The molecule has 1 aliphatic carbocycles. The number of hydrogen-bond donors (Lipinski definition) is 4. The van der Waals surface area contributed by atoms with E-state index in [0.717, 1.165) is 11.1 Å². The van der Waals surface area contributed by atoms with Crippen LogP contribution in [0, 0.1) is 3.57 Å². The van der Waals surface area contributed by atoms with Crippen LogP contribution in [-0.2, 0) is 29.0 Å². The fourth-order valence-corrected chi connectivity index (χ4v) is 6.35. The van der Waals surface area contributed by atoms with Gasteiger partial charge in [-0.1, -0.05) is 30.3 Å². The number of ether oxygens (including phenoxy) is 4. The monoisotopic (exact) mass is 760 g/mol. The van der Waals surface area contributed by atoms with E-state index in [-0.39, 0.29) is 45.1 Å². The minimum absolute atomic E-state index is 0.0372. The molecule has 11 nitrogen and oxygen atoms in total. The molecule has 0 radical (unpaired) electrons. The highest BCUT2D eigenvalue weighted by atomic mass is 127. The molecular weight excluding hydrogens is 719 g/mol. The van der Waals surface area contributed by atoms with Crippen molar-refractivity contribution in [3.05, 3.63) is 92.6 Å². The van der Waals surface area contributed by atoms with Crippen molar-refractivity contribution in [1.82, 2.24) is 10.2 Å². The molecule has 0 saturated heterocycles. The van der Waals surface area contributed by atoms with Gasteiger partial charge in [-0.15, -0.1) is 0 Å². The number of amides is 2. The van der Waals surface area contributed by atoms with Gasteiger partial charge in [-0.3, -0.25) is 9.59 Å². The molecule has 1 aliphatic rings. The Hall–Kier alpha value is -3.85. The normalized spacial score (nSPS) is 17.3. The summed E-state index contributed by atoms with van der Waals surface area (Å²) in [6.07, 6.45) is -0.243. The lowest BCUT2D eigenvalue weighted by atomic mass is 9.87. The molecule has 0 unspecified atom stereocenters. The Kier molecular flexibility index (Phi) is 13.3. The Morgan fingerprint density at radius 3 is 2.36 bits per heavy atom. The maximum atomic E-state index is 14.1. The molecule has 2 amide bonds. The number of nitrogens with zero attached hydrogens (tertiary/aromatic N) is 1. The summed E-state index contributed by atoms with van der Waals surface area (Å²) in [7, 11) is 4.62. The van der Waals surface area contributed by atoms with Gasteiger partial charge < -0.3 is 44.5 Å². The molecule has 252 valence electrons. The molecule has 0 aromatic heterocycles. The fraction of sp³-hybridized carbons (Fsp3) is 0.371. The van der Waals surface area contributed by atoms with Crippen molar-refractivity contribution in [2.75, 3.05) is 41.0 Å². The molecule has 0 aliphatic heterocycles. The van der Waals surface area contributed by atoms with Gasteiger partial charge in [0.25, 0.3) is 0 Å². The minimum Gasteiger partial charge on any atom is -0.497 e. The molecule has 12 heteroatoms. The summed E-state index contributed by atoms with van der Waals surface area (Å²) in [4.78, 5) is 29.0. The van der Waals surface area contributed by atoms with Crippen molar-refractivity contribution >= 4 is 34.4 Å². The second kappa shape index (κ2) is 17.3. The number of rotatable bonds is 15. The zero-order chi connectivity index (χ0) is 33.9. The topological polar surface area (TPSA) is 147 Å². The van der Waals surface area contributed by atoms with E-state index in [2.05, 4.69) is 27.9 Å². The van der Waals surface area contributed by atoms with E-state index in [0.29, 0.717) is 44.1 Å². The minimum atomic E-state index is -1.24. The van der Waals surface area contributed by atoms with Crippen molar-refractivity contribution in [1.29, 1.82) is 0 Å². The van der Waals surface area contributed by atoms with Crippen LogP contribution >= 0.6 is 22.6 Å². The largest absolute Gasteiger partial charge is 0.497 e. The molecule has 0 spiro atoms. The Labute approximate surface area is 288 Å². The molecule has 3 aromatic rings. The molecule has 0 heterocycles. The van der Waals surface area contributed by atoms with Crippen LogP contribution in [0.15, 0.2) is 72.3 Å². The predicted molar refractivity (Wildman–Crippen MR) is 184 cm³/mol. The van der Waals surface area contributed by atoms with Crippen molar-refractivity contribution in [2.45, 2.75) is 44.1 Å². The van der Waals surface area contributed by atoms with E-state index in [1.165, 1.54) is 7.11 Å². The molecule has 0 fully saturated rings. The van der Waals surface area contributed by atoms with E-state index >= 15 is 0 Å². The Balaban J connectivity index is 1.74. The van der Waals surface area contributed by atoms with Crippen molar-refractivity contribution < 1.29 is 43.9 Å². The van der Waals surface area contributed by atoms with E-state index in [1.807, 2.05) is 36.4 Å². The summed E-state index contributed by atoms with van der Waals surface area (Å²) in [6.45, 7) is -0.217. The highest BCUT2D eigenvalue weighted by molar-refractivity contribution is 14.1. The number of nitrogens with one attached hydrogen (secondary N) is 1. The zero-order valence-corrected chi connectivity index (χ0v) is 28.8. The molecule has 0 saturated carbocycles. The summed E-state index contributed by atoms with van der Waals surface area (Å²) in [5, 5.41) is 33.6. The summed E-state index contributed by atoms with van der Waals surface area (Å²) in [5.41, 5.74) is 2.53. The Bertz CT molecular complexity index is 1550. The lowest BCUT2D eigenvalue weighted by Gasteiger charge is -2.41. The third-order valence-electron chi connectivity index (χ3n) is 7.97. The maximum Gasteiger partial charge on any atom is 0.247 e. The van der Waals surface area contributed by atoms with E-state index in [9.17, 15) is 24.9 Å². The second-order valence-electron chi connectivity index (χ2n) is 11.0. The third kappa shape index (κ3) is 9.15. The average Bonchev–Trinajstić information content (AvgIpc) is 3.09. The Morgan fingerprint density at radius 2 is 1.70 bits per heavy atom. The second-order valence-corrected chi connectivity index (χ2v) is 12.1. The van der Waals surface area contributed by atoms with Crippen LogP contribution in [0.3, 0.4) is 0 Å². The van der Waals surface area contributed by atoms with Gasteiger partial charge in [0.05, 0.1) is 50.6 Å². The van der Waals surface area contributed by atoms with Gasteiger partial charge in [-0.2, -0.15) is 0 Å². The Morgan fingerprint density at radius 1 is 0.957 bits per heavy atom. The van der Waals surface area contributed by atoms with E-state index in [4.69, 9.17) is 18.9 Å². The summed E-state index contributed by atoms with van der Waals surface area (Å²) < 4.78 is 23.5. The lowest BCUT2D eigenvalue weighted by molar-refractivity contribution is -0.137. The highest BCUT2D eigenvalue weighted by Crippen LogP contribution is 2.37. The van der Waals surface area contributed by atoms with Crippen LogP contribution < -0.4 is 24.3 Å². The number of carbonyl (C=O) groups excluding carboxylic acids is 2. The smallest absolute Gasteiger partial charge is 0.247 e. The first-order chi connectivity index (χ1) is 22.7. The average molecular weight is 761 g/mol. The maximum absolute atomic E-state index is 14.1. The van der Waals surface area contributed by atoms with Crippen molar-refractivity contribution in [3.8, 4) is 23.0 Å². The van der Waals surface area contributed by atoms with Crippen LogP contribution in [0.4, 0.5) is 0 Å². The van der Waals surface area contributed by atoms with Gasteiger partial charge in [0.1, 0.15) is 23.7 Å². The summed E-state index contributed by atoms with van der Waals surface area (Å²) >= 11 is 2.06. The van der Waals surface area contributed by atoms with Crippen LogP contribution in [-0.4, -0.2) is 91.3 Å². The van der Waals surface area contributed by atoms with Gasteiger partial charge in [-0.25, -0.2) is 0 Å². The van der Waals surface area contributed by atoms with Crippen LogP contribution in [0.5, 0.6) is 23.0 Å². The van der Waals surface area contributed by atoms with Crippen LogP contribution in [0.25, 0.3) is 0 Å². The van der Waals surface area contributed by atoms with Crippen LogP contribution in [0.2, 0.25) is 0 Å². The third-order valence-corrected chi connectivity index (χ3v) is 8.77. The van der Waals surface area contributed by atoms with Gasteiger partial charge in [0, 0.05) is 25.1 Å². The number of carbonyl (C=O) groups is 2. The van der Waals surface area contributed by atoms with Gasteiger partial charge >= 0.3 is 0 Å². The number of aliphatic hydroxyl groups excluding tert-OH is 3. The summed E-state index contributed by atoms with van der Waals surface area (Å²) in [6, 6.07) is 17.3. The first kappa shape index (κ1) is 36.0. The van der Waals surface area contributed by atoms with E-state index < -0.39 is 24.2 Å². The molecule has 3 aromatic carbocycles. The van der Waals surface area contributed by atoms with Crippen molar-refractivity contribution in [2.24, 2.45) is 0 Å². The number of benzene rings is 3. The quantitative estimate of drug-likeness (QED) is 0.172. The van der Waals surface area contributed by atoms with Gasteiger partial charge in [-0.05, 0) is 82.1 Å². The first-order valence-electron chi connectivity index (χ1n) is 15.2. The molecular formula is C35H41IN2O9. The van der Waals surface area contributed by atoms with Gasteiger partial charge in [0.2, 0.25) is 11.8 Å². The van der Waals surface area contributed by atoms with Crippen LogP contribution in [0.1, 0.15) is 23.1 Å². The molecule has 4 N–H and O–H groups in total. The number of halogens is 1. The number of methoxy groups -OCH3 is 3. The lowest BCUT2D eigenvalue weighted by Crippen LogP contribution is -2.56. The number of aliphatic hydroxyl groups is 3. The standard InChI is InChI=1S/C35H41IN2O9/c1-44-26-9-10-29(45-2)24(18-26)11-13-38(32(41)17-22-7-5-4-6-8-22)28-19-25(35(43)37-12-14-39)20-30(33(28)42)47-34-27(36)15-23(21-40)16-31(34)46-3/h4-10,15-16,18,20,28,30,33,39-40,42H,11-14,17,19,21H2,1-3H3,(H,37,43)/t28-,30+,33+/m1/s1. The number of hydrogen-bond acceptors (Lipinski definition) is 9. The van der Waals surface area contributed by atoms with E-state index in [1.54, 1.807) is 49.5 Å². The summed E-state index contributed by atoms with van der Waals surface area (Å²) in [5.74, 6) is 1.25. The van der Waals surface area contributed by atoms with Gasteiger partial charge in [0.15, 0.2) is 11.5 Å². The molecule has 0 bridgehead atoms. The fourth-order valence-electron chi connectivity index (χ4n) is 5.56. The molecule has 3 atom stereocenters. The zero-order valence-electron chi connectivity index (χ0n) is 26.6. The molecule has 4 rings (SSSR count). The predicted octanol–water partition coefficient (Wildman–Crippen LogP) is 3.04. The first-order valence-corrected chi connectivity index (χ1v) is 16.3. The SMILES string of the molecule is COc1ccc(OC)c(CCN(C(=O)Cc2ccccc2)[C@@H]2CC(C(=O)NCCO)=C[C@H](Oc3c(I)cc(CO)cc3OC)[C@H]2O)c1.